The van der Waals surface area contributed by atoms with E-state index in [1.165, 1.54) is 23.3 Å². The summed E-state index contributed by atoms with van der Waals surface area (Å²) in [6.07, 6.45) is 19.8. The Bertz CT molecular complexity index is 2060. The number of hydrogen-bond acceptors (Lipinski definition) is 2. The number of halogens is 4. The van der Waals surface area contributed by atoms with Crippen LogP contribution in [0.4, 0.5) is 28.9 Å². The van der Waals surface area contributed by atoms with E-state index in [1.807, 2.05) is 36.4 Å². The predicted octanol–water partition coefficient (Wildman–Crippen LogP) is 11.9. The Kier molecular flexibility index (Phi) is 14.2. The number of amides is 2. The molecule has 4 aromatic carbocycles. The van der Waals surface area contributed by atoms with Gasteiger partial charge in [-0.05, 0) is 0 Å². The van der Waals surface area contributed by atoms with Gasteiger partial charge in [0.2, 0.25) is 0 Å². The first kappa shape index (κ1) is 43.8. The van der Waals surface area contributed by atoms with Crippen LogP contribution in [0.2, 0.25) is 8.45 Å². The van der Waals surface area contributed by atoms with E-state index in [0.29, 0.717) is 12.8 Å². The molecular formula is C50H54F4N2O2Ti. The van der Waals surface area contributed by atoms with Crippen LogP contribution < -0.4 is 18.4 Å². The van der Waals surface area contributed by atoms with Crippen molar-refractivity contribution in [2.45, 2.75) is 87.5 Å². The summed E-state index contributed by atoms with van der Waals surface area (Å²) >= 11 is -5.19. The molecule has 0 aliphatic heterocycles. The molecule has 2 aliphatic carbocycles. The van der Waals surface area contributed by atoms with Gasteiger partial charge in [0.1, 0.15) is 0 Å². The average Bonchev–Trinajstić information content (AvgIpc) is 3.97. The molecule has 308 valence electrons. The van der Waals surface area contributed by atoms with Crippen molar-refractivity contribution in [1.82, 2.24) is 0 Å². The molecule has 0 aromatic heterocycles. The van der Waals surface area contributed by atoms with Gasteiger partial charge in [0.15, 0.2) is 0 Å². The van der Waals surface area contributed by atoms with Gasteiger partial charge < -0.3 is 0 Å². The summed E-state index contributed by atoms with van der Waals surface area (Å²) in [6, 6.07) is 24.7. The van der Waals surface area contributed by atoms with Crippen molar-refractivity contribution in [2.24, 2.45) is 10.8 Å². The van der Waals surface area contributed by atoms with Crippen LogP contribution in [0.5, 0.6) is 0 Å². The fourth-order valence-electron chi connectivity index (χ4n) is 8.43. The Hall–Kier alpha value is -4.79. The molecule has 0 saturated heterocycles. The van der Waals surface area contributed by atoms with Crippen molar-refractivity contribution in [3.8, 4) is 0 Å². The number of nitrogens with one attached hydrogen (secondary N) is 2. The van der Waals surface area contributed by atoms with Gasteiger partial charge in [-0.15, -0.1) is 0 Å². The summed E-state index contributed by atoms with van der Waals surface area (Å²) in [6.45, 7) is 7.14. The number of allylic oxidation sites excluding steroid dienone is 8. The third-order valence-corrected chi connectivity index (χ3v) is 20.5. The molecule has 0 fully saturated rings. The van der Waals surface area contributed by atoms with Crippen LogP contribution in [0, 0.1) is 34.1 Å². The maximum atomic E-state index is 17.4. The van der Waals surface area contributed by atoms with Crippen molar-refractivity contribution in [1.29, 1.82) is 0 Å². The SMILES string of the molecule is CC(C)(CCCCc1ccccc1)C(=O)Nc1ccc(F)[c]([Ti]([c]2c(F)ccc(NC(=O)C(C)(C)CCCCc3ccccc3)c2F)([CH]2C=CC=C2)[CH]2C=CC=C2)c1F. The Labute approximate surface area is 350 Å². The average molecular weight is 839 g/mol. The molecule has 2 amide bonds. The van der Waals surface area contributed by atoms with Crippen LogP contribution >= 0.6 is 0 Å². The number of rotatable bonds is 18. The van der Waals surface area contributed by atoms with E-state index in [4.69, 9.17) is 0 Å². The van der Waals surface area contributed by atoms with Gasteiger partial charge in [-0.25, -0.2) is 0 Å². The van der Waals surface area contributed by atoms with Crippen molar-refractivity contribution >= 4 is 30.9 Å². The van der Waals surface area contributed by atoms with E-state index >= 15 is 17.6 Å². The number of carbonyl (C=O) groups excluding carboxylic acids is 2. The topological polar surface area (TPSA) is 58.2 Å². The predicted molar refractivity (Wildman–Crippen MR) is 229 cm³/mol. The Morgan fingerprint density at radius 2 is 0.881 bits per heavy atom. The molecule has 4 aromatic rings. The van der Waals surface area contributed by atoms with Gasteiger partial charge in [-0.2, -0.15) is 0 Å². The molecule has 0 heterocycles. The van der Waals surface area contributed by atoms with Crippen molar-refractivity contribution in [3.63, 3.8) is 0 Å². The molecule has 2 aliphatic rings. The van der Waals surface area contributed by atoms with Gasteiger partial charge in [-0.1, -0.05) is 36.4 Å². The van der Waals surface area contributed by atoms with Crippen LogP contribution in [-0.4, -0.2) is 11.8 Å². The van der Waals surface area contributed by atoms with Gasteiger partial charge in [0.05, 0.1) is 0 Å². The van der Waals surface area contributed by atoms with E-state index in [2.05, 4.69) is 34.9 Å². The first-order valence-electron chi connectivity index (χ1n) is 20.6. The second-order valence-electron chi connectivity index (χ2n) is 17.1. The standard InChI is InChI=1S/2C20H22F2NO.2C5H5.Ti/c2*1-20(2,13-7-6-10-15-8-4-3-5-9-15)19(24)23-18-12-11-16(21)14-17(18)22;2*1-2-4-5-3-1;/h2*3-5,8-9,11-12H,6-7,10,13H2,1-2H3,(H,23,24);2*1-5H;. The molecular weight excluding hydrogens is 784 g/mol. The zero-order valence-corrected chi connectivity index (χ0v) is 35.9. The Morgan fingerprint density at radius 1 is 0.525 bits per heavy atom. The van der Waals surface area contributed by atoms with Crippen molar-refractivity contribution in [2.75, 3.05) is 10.6 Å². The molecule has 0 radical (unpaired) electrons. The number of unbranched alkanes of at least 4 members (excludes halogenated alkanes) is 2. The summed E-state index contributed by atoms with van der Waals surface area (Å²) in [4.78, 5) is 27.6. The van der Waals surface area contributed by atoms with Crippen LogP contribution in [0.1, 0.15) is 77.3 Å². The third kappa shape index (κ3) is 9.82. The summed E-state index contributed by atoms with van der Waals surface area (Å²) in [5.74, 6) is -4.90. The minimum atomic E-state index is -5.19. The Balaban J connectivity index is 1.32. The molecule has 0 unspecified atom stereocenters. The second-order valence-corrected chi connectivity index (χ2v) is 23.4. The van der Waals surface area contributed by atoms with E-state index in [1.54, 1.807) is 76.3 Å². The fraction of sp³-hybridized carbons (Fsp3) is 0.320. The van der Waals surface area contributed by atoms with E-state index in [-0.39, 0.29) is 11.4 Å². The van der Waals surface area contributed by atoms with Crippen LogP contribution in [0.25, 0.3) is 0 Å². The van der Waals surface area contributed by atoms with Gasteiger partial charge in [-0.3, -0.25) is 0 Å². The molecule has 0 bridgehead atoms. The van der Waals surface area contributed by atoms with Gasteiger partial charge in [0, 0.05) is 0 Å². The normalized spacial score (nSPS) is 14.4. The molecule has 59 heavy (non-hydrogen) atoms. The van der Waals surface area contributed by atoms with E-state index in [0.717, 1.165) is 50.7 Å². The monoisotopic (exact) mass is 838 g/mol. The zero-order chi connectivity index (χ0) is 42.2. The van der Waals surface area contributed by atoms with Crippen molar-refractivity contribution in [3.05, 3.63) is 168 Å². The zero-order valence-electron chi connectivity index (χ0n) is 34.3. The van der Waals surface area contributed by atoms with Crippen LogP contribution in [0.3, 0.4) is 0 Å². The molecule has 9 heteroatoms. The number of anilines is 2. The molecule has 2 N–H and O–H groups in total. The van der Waals surface area contributed by atoms with Gasteiger partial charge >= 0.3 is 315 Å². The number of aryl methyl sites for hydroxylation is 2. The minimum absolute atomic E-state index is 0.255. The quantitative estimate of drug-likeness (QED) is 0.0596. The number of benzene rings is 4. The summed E-state index contributed by atoms with van der Waals surface area (Å²) < 4.78 is 65.9. The van der Waals surface area contributed by atoms with Crippen LogP contribution in [0.15, 0.2) is 134 Å². The van der Waals surface area contributed by atoms with E-state index in [9.17, 15) is 9.59 Å². The number of hydrogen-bond donors (Lipinski definition) is 2. The van der Waals surface area contributed by atoms with Gasteiger partial charge in [0.25, 0.3) is 0 Å². The molecule has 0 saturated carbocycles. The van der Waals surface area contributed by atoms with E-state index < -0.39 is 78.7 Å². The molecule has 0 atom stereocenters. The third-order valence-electron chi connectivity index (χ3n) is 12.0. The molecule has 0 spiro atoms. The maximum absolute atomic E-state index is 17.4. The second kappa shape index (κ2) is 19.1. The van der Waals surface area contributed by atoms with Crippen LogP contribution in [-0.2, 0) is 39.0 Å². The Morgan fingerprint density at radius 3 is 1.24 bits per heavy atom. The molecule has 6 rings (SSSR count). The summed E-state index contributed by atoms with van der Waals surface area (Å²) in [5.41, 5.74) is 0.108. The summed E-state index contributed by atoms with van der Waals surface area (Å²) in [7, 11) is 0. The van der Waals surface area contributed by atoms with Crippen molar-refractivity contribution < 1.29 is 43.7 Å². The summed E-state index contributed by atoms with van der Waals surface area (Å²) in [5, 5.41) is 5.46. The first-order valence-corrected chi connectivity index (χ1v) is 24.0. The fourth-order valence-corrected chi connectivity index (χ4v) is 17.2. The first-order chi connectivity index (χ1) is 28.3. The number of carbonyl (C=O) groups is 2. The molecule has 4 nitrogen and oxygen atoms in total.